The van der Waals surface area contributed by atoms with Gasteiger partial charge in [-0.15, -0.1) is 0 Å². The van der Waals surface area contributed by atoms with Crippen LogP contribution in [0, 0.1) is 23.7 Å². The van der Waals surface area contributed by atoms with Crippen molar-refractivity contribution >= 4 is 15.8 Å². The van der Waals surface area contributed by atoms with Gasteiger partial charge in [-0.25, -0.2) is 0 Å². The standard InChI is InChI=1S/2C6H15P.2CN.Pd/c2*1-4-7(5-2)6-3;2*1-2;/h2*4-6H2,1-3H3;;;/q;;2*-1;+2/p+2. The quantitative estimate of drug-likeness (QED) is 0.371. The number of nitrogens with zero attached hydrogens (tertiary/aromatic N) is 2. The third-order valence-corrected chi connectivity index (χ3v) is 9.00. The molecule has 0 N–H and O–H groups in total. The normalized spacial score (nSPS) is 7.79. The van der Waals surface area contributed by atoms with Crippen LogP contribution in [0.15, 0.2) is 0 Å². The van der Waals surface area contributed by atoms with Crippen LogP contribution < -0.4 is 0 Å². The average molecular weight is 397 g/mol. The molecular formula is C14H32N2P2Pd+2. The minimum Gasteiger partial charge on any atom is -0.512 e. The summed E-state index contributed by atoms with van der Waals surface area (Å²) >= 11 is 0. The Kier molecular flexibility index (Phi) is 60.6. The Hall–Kier alpha value is 0.502. The van der Waals surface area contributed by atoms with E-state index in [-0.39, 0.29) is 36.3 Å². The molecule has 0 unspecified atom stereocenters. The van der Waals surface area contributed by atoms with Crippen LogP contribution in [-0.4, -0.2) is 37.0 Å². The van der Waals surface area contributed by atoms with Crippen LogP contribution in [-0.2, 0) is 20.4 Å². The van der Waals surface area contributed by atoms with Crippen LogP contribution in [0.5, 0.6) is 0 Å². The molecule has 0 amide bonds. The minimum absolute atomic E-state index is 0. The minimum atomic E-state index is 0. The van der Waals surface area contributed by atoms with Gasteiger partial charge in [-0.1, -0.05) is 0 Å². The SMILES string of the molecule is CC[PH+](CC)CC.CC[PH+](CC)CC.[C-]#N.[C-]#N.[Pd+2]. The molecule has 0 aliphatic heterocycles. The molecule has 0 spiro atoms. The Morgan fingerprint density at radius 2 is 0.632 bits per heavy atom. The molecule has 0 aromatic rings. The molecule has 19 heavy (non-hydrogen) atoms. The van der Waals surface area contributed by atoms with Gasteiger partial charge < -0.3 is 23.7 Å². The first-order chi connectivity index (χ1) is 8.69. The molecule has 0 fully saturated rings. The van der Waals surface area contributed by atoms with E-state index >= 15 is 0 Å². The summed E-state index contributed by atoms with van der Waals surface area (Å²) in [5.74, 6) is 0. The van der Waals surface area contributed by atoms with E-state index in [1.807, 2.05) is 0 Å². The van der Waals surface area contributed by atoms with Gasteiger partial charge in [0.1, 0.15) is 0 Å². The number of hydrogen-bond donors (Lipinski definition) is 0. The summed E-state index contributed by atoms with van der Waals surface area (Å²) < 4.78 is 0. The Morgan fingerprint density at radius 1 is 0.526 bits per heavy atom. The van der Waals surface area contributed by atoms with E-state index in [0.717, 1.165) is 0 Å². The van der Waals surface area contributed by atoms with Crippen LogP contribution in [0.25, 0.3) is 0 Å². The fourth-order valence-electron chi connectivity index (χ4n) is 1.50. The monoisotopic (exact) mass is 396 g/mol. The zero-order chi connectivity index (χ0) is 15.4. The zero-order valence-corrected chi connectivity index (χ0v) is 17.0. The molecule has 2 nitrogen and oxygen atoms in total. The van der Waals surface area contributed by atoms with Gasteiger partial charge in [0.05, 0.1) is 37.0 Å². The first-order valence-corrected chi connectivity index (χ1v) is 11.1. The van der Waals surface area contributed by atoms with Crippen LogP contribution >= 0.6 is 15.8 Å². The predicted molar refractivity (Wildman–Crippen MR) is 89.8 cm³/mol. The van der Waals surface area contributed by atoms with E-state index in [1.165, 1.54) is 37.0 Å². The zero-order valence-electron chi connectivity index (χ0n) is 13.5. The van der Waals surface area contributed by atoms with E-state index in [0.29, 0.717) is 0 Å². The van der Waals surface area contributed by atoms with Gasteiger partial charge >= 0.3 is 20.4 Å². The summed E-state index contributed by atoms with van der Waals surface area (Å²) in [6.45, 7) is 23.3. The van der Waals surface area contributed by atoms with Crippen molar-refractivity contribution in [3.63, 3.8) is 0 Å². The second kappa shape index (κ2) is 36.3. The fourth-order valence-corrected chi connectivity index (χ4v) is 4.50. The van der Waals surface area contributed by atoms with Gasteiger partial charge in [-0.3, -0.25) is 0 Å². The largest absolute Gasteiger partial charge is 2.00 e. The molecule has 0 saturated heterocycles. The Morgan fingerprint density at radius 3 is 0.632 bits per heavy atom. The Bertz CT molecular complexity index is 127. The molecule has 0 rings (SSSR count). The second-order valence-electron chi connectivity index (χ2n) is 3.62. The molecule has 0 heterocycles. The molecule has 0 saturated carbocycles. The van der Waals surface area contributed by atoms with E-state index in [1.54, 1.807) is 0 Å². The molecule has 0 aromatic heterocycles. The van der Waals surface area contributed by atoms with Crippen molar-refractivity contribution in [1.82, 2.24) is 0 Å². The molecule has 0 atom stereocenters. The first-order valence-electron chi connectivity index (χ1n) is 6.81. The maximum atomic E-state index is 6.25. The summed E-state index contributed by atoms with van der Waals surface area (Å²) in [6, 6.07) is 0. The summed E-state index contributed by atoms with van der Waals surface area (Å²) in [7, 11) is 0.275. The van der Waals surface area contributed by atoms with Crippen molar-refractivity contribution in [1.29, 1.82) is 10.5 Å². The maximum absolute atomic E-state index is 6.25. The third kappa shape index (κ3) is 32.2. The van der Waals surface area contributed by atoms with Crippen molar-refractivity contribution in [3.8, 4) is 0 Å². The van der Waals surface area contributed by atoms with Gasteiger partial charge in [0.2, 0.25) is 0 Å². The van der Waals surface area contributed by atoms with Crippen molar-refractivity contribution in [2.24, 2.45) is 0 Å². The van der Waals surface area contributed by atoms with Gasteiger partial charge in [0.15, 0.2) is 0 Å². The van der Waals surface area contributed by atoms with Crippen LogP contribution in [0.3, 0.4) is 0 Å². The summed E-state index contributed by atoms with van der Waals surface area (Å²) in [5, 5.41) is 12.5. The summed E-state index contributed by atoms with van der Waals surface area (Å²) in [5.41, 5.74) is 0. The fraction of sp³-hybridized carbons (Fsp3) is 0.857. The molecule has 0 bridgehead atoms. The van der Waals surface area contributed by atoms with Gasteiger partial charge in [0.25, 0.3) is 0 Å². The molecule has 0 aromatic carbocycles. The predicted octanol–water partition coefficient (Wildman–Crippen LogP) is 4.71. The first kappa shape index (κ1) is 31.7. The molecule has 5 heteroatoms. The third-order valence-electron chi connectivity index (χ3n) is 3.00. The van der Waals surface area contributed by atoms with Crippen molar-refractivity contribution in [2.75, 3.05) is 37.0 Å². The van der Waals surface area contributed by atoms with E-state index in [9.17, 15) is 0 Å². The van der Waals surface area contributed by atoms with E-state index in [4.69, 9.17) is 23.7 Å². The van der Waals surface area contributed by atoms with Gasteiger partial charge in [-0.05, 0) is 57.4 Å². The topological polar surface area (TPSA) is 47.6 Å². The smallest absolute Gasteiger partial charge is 0.512 e. The van der Waals surface area contributed by atoms with Crippen LogP contribution in [0.2, 0.25) is 0 Å². The van der Waals surface area contributed by atoms with Crippen molar-refractivity contribution in [2.45, 2.75) is 41.5 Å². The molecule has 0 radical (unpaired) electrons. The summed E-state index contributed by atoms with van der Waals surface area (Å²) in [6.07, 6.45) is 8.74. The molecule has 0 aliphatic rings. The maximum Gasteiger partial charge on any atom is 2.00 e. The molecule has 0 aliphatic carbocycles. The van der Waals surface area contributed by atoms with Gasteiger partial charge in [-0.2, -0.15) is 0 Å². The Balaban J connectivity index is -0.0000000522. The van der Waals surface area contributed by atoms with Crippen LogP contribution in [0.1, 0.15) is 41.5 Å². The Labute approximate surface area is 138 Å². The number of hydrogen-bond acceptors (Lipinski definition) is 2. The molecule has 116 valence electrons. The van der Waals surface area contributed by atoms with Crippen LogP contribution in [0.4, 0.5) is 0 Å². The van der Waals surface area contributed by atoms with Crippen molar-refractivity contribution < 1.29 is 20.4 Å². The van der Waals surface area contributed by atoms with E-state index < -0.39 is 0 Å². The molecular weight excluding hydrogens is 365 g/mol. The average Bonchev–Trinajstić information content (AvgIpc) is 2.48. The van der Waals surface area contributed by atoms with Gasteiger partial charge in [0, 0.05) is 0 Å². The van der Waals surface area contributed by atoms with Crippen molar-refractivity contribution in [3.05, 3.63) is 13.1 Å². The van der Waals surface area contributed by atoms with E-state index in [2.05, 4.69) is 41.5 Å². The summed E-state index contributed by atoms with van der Waals surface area (Å²) in [4.78, 5) is 0. The number of rotatable bonds is 6. The second-order valence-corrected chi connectivity index (χ2v) is 10.9.